The van der Waals surface area contributed by atoms with Crippen molar-refractivity contribution in [1.29, 1.82) is 0 Å². The molecule has 3 atom stereocenters. The van der Waals surface area contributed by atoms with Crippen molar-refractivity contribution in [3.05, 3.63) is 72.2 Å². The number of hydrogen-bond acceptors (Lipinski definition) is 4. The molecule has 1 saturated heterocycles. The average Bonchev–Trinajstić information content (AvgIpc) is 3.45. The molecule has 0 aliphatic carbocycles. The first kappa shape index (κ1) is 22.3. The van der Waals surface area contributed by atoms with Crippen molar-refractivity contribution in [2.24, 2.45) is 5.92 Å². The maximum Gasteiger partial charge on any atom is 0.407 e. The normalized spacial score (nSPS) is 18.8. The minimum absolute atomic E-state index is 0.0430. The summed E-state index contributed by atoms with van der Waals surface area (Å²) in [4.78, 5) is 42.5. The number of fused-ring (bicyclic) bond motifs is 1. The molecule has 1 aliphatic rings. The van der Waals surface area contributed by atoms with E-state index in [0.29, 0.717) is 25.9 Å². The van der Waals surface area contributed by atoms with Crippen LogP contribution in [0.4, 0.5) is 4.79 Å². The van der Waals surface area contributed by atoms with E-state index in [0.717, 1.165) is 16.8 Å². The highest BCUT2D eigenvalue weighted by atomic mass is 16.4. The molecule has 3 amide bonds. The van der Waals surface area contributed by atoms with Crippen LogP contribution in [-0.4, -0.2) is 55.9 Å². The SMILES string of the molecule is CC(NC(=O)[C@H]1C[C@H](Cc2ccccc2)CN1C(=O)O)C(=O)NCc1ccc2nccn2c1. The lowest BCUT2D eigenvalue weighted by atomic mass is 9.96. The van der Waals surface area contributed by atoms with Crippen molar-refractivity contribution in [1.82, 2.24) is 24.9 Å². The highest BCUT2D eigenvalue weighted by Gasteiger charge is 2.40. The molecule has 1 aromatic carbocycles. The molecule has 0 radical (unpaired) electrons. The molecule has 3 heterocycles. The number of nitrogens with one attached hydrogen (secondary N) is 2. The van der Waals surface area contributed by atoms with Gasteiger partial charge in [0.05, 0.1) is 0 Å². The predicted molar refractivity (Wildman–Crippen MR) is 121 cm³/mol. The second-order valence-corrected chi connectivity index (χ2v) is 8.42. The summed E-state index contributed by atoms with van der Waals surface area (Å²) >= 11 is 0. The number of aromatic nitrogens is 2. The summed E-state index contributed by atoms with van der Waals surface area (Å²) in [6.45, 7) is 2.18. The largest absolute Gasteiger partial charge is 0.465 e. The smallest absolute Gasteiger partial charge is 0.407 e. The Morgan fingerprint density at radius 1 is 1.15 bits per heavy atom. The van der Waals surface area contributed by atoms with E-state index in [1.807, 2.05) is 59.3 Å². The lowest BCUT2D eigenvalue weighted by molar-refractivity contribution is -0.130. The Balaban J connectivity index is 1.32. The van der Waals surface area contributed by atoms with Crippen molar-refractivity contribution < 1.29 is 19.5 Å². The first-order valence-corrected chi connectivity index (χ1v) is 10.9. The van der Waals surface area contributed by atoms with Crippen molar-refractivity contribution in [3.8, 4) is 0 Å². The van der Waals surface area contributed by atoms with Crippen LogP contribution in [0.3, 0.4) is 0 Å². The van der Waals surface area contributed by atoms with Gasteiger partial charge in [-0.15, -0.1) is 0 Å². The maximum absolute atomic E-state index is 12.9. The van der Waals surface area contributed by atoms with Crippen molar-refractivity contribution in [2.45, 2.75) is 38.4 Å². The zero-order valence-corrected chi connectivity index (χ0v) is 18.3. The Morgan fingerprint density at radius 3 is 2.70 bits per heavy atom. The van der Waals surface area contributed by atoms with Gasteiger partial charge in [-0.2, -0.15) is 0 Å². The summed E-state index contributed by atoms with van der Waals surface area (Å²) in [7, 11) is 0. The van der Waals surface area contributed by atoms with Gasteiger partial charge < -0.3 is 20.1 Å². The number of imidazole rings is 1. The highest BCUT2D eigenvalue weighted by Crippen LogP contribution is 2.27. The molecule has 172 valence electrons. The van der Waals surface area contributed by atoms with Crippen molar-refractivity contribution in [3.63, 3.8) is 0 Å². The van der Waals surface area contributed by atoms with Gasteiger partial charge in [0, 0.05) is 31.7 Å². The number of likely N-dealkylation sites (tertiary alicyclic amines) is 1. The molecule has 9 nitrogen and oxygen atoms in total. The third-order valence-corrected chi connectivity index (χ3v) is 5.97. The molecule has 2 aromatic heterocycles. The number of carbonyl (C=O) groups excluding carboxylic acids is 2. The lowest BCUT2D eigenvalue weighted by Gasteiger charge is -2.22. The summed E-state index contributed by atoms with van der Waals surface area (Å²) in [6.07, 6.45) is 5.39. The average molecular weight is 450 g/mol. The molecule has 3 N–H and O–H groups in total. The Labute approximate surface area is 191 Å². The van der Waals surface area contributed by atoms with Gasteiger partial charge in [0.2, 0.25) is 11.8 Å². The summed E-state index contributed by atoms with van der Waals surface area (Å²) in [5.41, 5.74) is 2.82. The fourth-order valence-corrected chi connectivity index (χ4v) is 4.27. The van der Waals surface area contributed by atoms with Gasteiger partial charge in [-0.3, -0.25) is 14.5 Å². The van der Waals surface area contributed by atoms with Crippen LogP contribution >= 0.6 is 0 Å². The van der Waals surface area contributed by atoms with Gasteiger partial charge in [-0.05, 0) is 42.9 Å². The Morgan fingerprint density at radius 2 is 1.94 bits per heavy atom. The number of carboxylic acid groups (broad SMARTS) is 1. The number of carbonyl (C=O) groups is 3. The molecule has 1 aliphatic heterocycles. The Hall–Kier alpha value is -3.88. The number of pyridine rings is 1. The number of hydrogen-bond donors (Lipinski definition) is 3. The zero-order valence-electron chi connectivity index (χ0n) is 18.3. The fraction of sp³-hybridized carbons (Fsp3) is 0.333. The number of benzene rings is 1. The molecule has 3 aromatic rings. The van der Waals surface area contributed by atoms with E-state index in [9.17, 15) is 19.5 Å². The molecule has 0 bridgehead atoms. The van der Waals surface area contributed by atoms with Crippen LogP contribution in [0.5, 0.6) is 0 Å². The van der Waals surface area contributed by atoms with E-state index >= 15 is 0 Å². The second-order valence-electron chi connectivity index (χ2n) is 8.42. The van der Waals surface area contributed by atoms with Crippen LogP contribution in [-0.2, 0) is 22.6 Å². The highest BCUT2D eigenvalue weighted by molar-refractivity contribution is 5.91. The molecular weight excluding hydrogens is 422 g/mol. The summed E-state index contributed by atoms with van der Waals surface area (Å²) < 4.78 is 1.86. The Kier molecular flexibility index (Phi) is 6.58. The molecule has 1 fully saturated rings. The molecule has 0 saturated carbocycles. The molecule has 1 unspecified atom stereocenters. The van der Waals surface area contributed by atoms with Crippen molar-refractivity contribution >= 4 is 23.6 Å². The summed E-state index contributed by atoms with van der Waals surface area (Å²) in [6, 6.07) is 11.9. The number of rotatable bonds is 7. The van der Waals surface area contributed by atoms with Gasteiger partial charge in [0.1, 0.15) is 17.7 Å². The van der Waals surface area contributed by atoms with Gasteiger partial charge in [0.15, 0.2) is 0 Å². The van der Waals surface area contributed by atoms with E-state index in [4.69, 9.17) is 0 Å². The molecule has 0 spiro atoms. The van der Waals surface area contributed by atoms with Crippen LogP contribution in [0.1, 0.15) is 24.5 Å². The summed E-state index contributed by atoms with van der Waals surface area (Å²) in [5, 5.41) is 15.1. The number of nitrogens with zero attached hydrogens (tertiary/aromatic N) is 3. The van der Waals surface area contributed by atoms with E-state index in [2.05, 4.69) is 15.6 Å². The van der Waals surface area contributed by atoms with E-state index < -0.39 is 24.1 Å². The lowest BCUT2D eigenvalue weighted by Crippen LogP contribution is -2.51. The molecule has 33 heavy (non-hydrogen) atoms. The van der Waals surface area contributed by atoms with Crippen LogP contribution in [0, 0.1) is 5.92 Å². The third-order valence-electron chi connectivity index (χ3n) is 5.97. The van der Waals surface area contributed by atoms with Crippen molar-refractivity contribution in [2.75, 3.05) is 6.54 Å². The predicted octanol–water partition coefficient (Wildman–Crippen LogP) is 2.07. The molecule has 9 heteroatoms. The zero-order chi connectivity index (χ0) is 23.4. The van der Waals surface area contributed by atoms with Gasteiger partial charge in [0.25, 0.3) is 0 Å². The standard InChI is InChI=1S/C24H27N5O4/c1-16(22(30)26-13-18-7-8-21-25-9-10-28(21)14-18)27-23(31)20-12-19(15-29(20)24(32)33)11-17-5-3-2-4-6-17/h2-10,14,16,19-20H,11-13,15H2,1H3,(H,26,30)(H,27,31)(H,32,33)/t16?,19-,20+/m0/s1. The number of amides is 3. The van der Waals surface area contributed by atoms with Gasteiger partial charge in [-0.1, -0.05) is 36.4 Å². The van der Waals surface area contributed by atoms with Crippen LogP contribution in [0.15, 0.2) is 61.1 Å². The minimum atomic E-state index is -1.13. The third kappa shape index (κ3) is 5.31. The first-order valence-electron chi connectivity index (χ1n) is 10.9. The quantitative estimate of drug-likeness (QED) is 0.511. The van der Waals surface area contributed by atoms with Crippen LogP contribution in [0.2, 0.25) is 0 Å². The fourth-order valence-electron chi connectivity index (χ4n) is 4.27. The van der Waals surface area contributed by atoms with Crippen LogP contribution < -0.4 is 10.6 Å². The summed E-state index contributed by atoms with van der Waals surface area (Å²) in [5.74, 6) is -0.744. The molecule has 4 rings (SSSR count). The minimum Gasteiger partial charge on any atom is -0.465 e. The molecular formula is C24H27N5O4. The van der Waals surface area contributed by atoms with Gasteiger partial charge >= 0.3 is 6.09 Å². The first-order chi connectivity index (χ1) is 15.9. The topological polar surface area (TPSA) is 116 Å². The van der Waals surface area contributed by atoms with Gasteiger partial charge in [-0.25, -0.2) is 9.78 Å². The van der Waals surface area contributed by atoms with Crippen LogP contribution in [0.25, 0.3) is 5.65 Å². The Bertz CT molecular complexity index is 1150. The second kappa shape index (κ2) is 9.72. The van der Waals surface area contributed by atoms with E-state index in [-0.39, 0.29) is 11.8 Å². The monoisotopic (exact) mass is 449 g/mol. The maximum atomic E-state index is 12.9. The van der Waals surface area contributed by atoms with E-state index in [1.54, 1.807) is 13.1 Å². The van der Waals surface area contributed by atoms with E-state index in [1.165, 1.54) is 4.90 Å².